The van der Waals surface area contributed by atoms with Gasteiger partial charge in [-0.15, -0.1) is 0 Å². The number of unbranched alkanes of at least 4 members (excludes halogenated alkanes) is 2. The van der Waals surface area contributed by atoms with E-state index in [0.717, 1.165) is 42.4 Å². The van der Waals surface area contributed by atoms with Crippen LogP contribution in [0.2, 0.25) is 0 Å². The number of allylic oxidation sites excluding steroid dienone is 2. The van der Waals surface area contributed by atoms with Gasteiger partial charge in [-0.25, -0.2) is 0 Å². The van der Waals surface area contributed by atoms with Crippen molar-refractivity contribution in [3.05, 3.63) is 45.5 Å². The molecular formula is C32H43NO6. The van der Waals surface area contributed by atoms with Gasteiger partial charge in [-0.1, -0.05) is 37.5 Å². The Balaban J connectivity index is 1.44. The molecule has 2 saturated heterocycles. The number of aromatic hydroxyl groups is 1. The minimum absolute atomic E-state index is 0.0305. The summed E-state index contributed by atoms with van der Waals surface area (Å²) in [6, 6.07) is 4.03. The third kappa shape index (κ3) is 6.13. The molecule has 39 heavy (non-hydrogen) atoms. The van der Waals surface area contributed by atoms with Gasteiger partial charge in [0.05, 0.1) is 24.5 Å². The summed E-state index contributed by atoms with van der Waals surface area (Å²) in [7, 11) is 0. The van der Waals surface area contributed by atoms with Gasteiger partial charge in [0.15, 0.2) is 0 Å². The van der Waals surface area contributed by atoms with Crippen LogP contribution in [0, 0.1) is 31.6 Å². The molecule has 0 radical (unpaired) electrons. The summed E-state index contributed by atoms with van der Waals surface area (Å²) in [6.45, 7) is 8.98. The van der Waals surface area contributed by atoms with Gasteiger partial charge in [-0.2, -0.15) is 0 Å². The number of fused-ring (bicyclic) bond motifs is 3. The number of phenols is 1. The Bertz CT molecular complexity index is 1160. The lowest BCUT2D eigenvalue weighted by atomic mass is 9.69. The van der Waals surface area contributed by atoms with Crippen LogP contribution in [0.4, 0.5) is 0 Å². The van der Waals surface area contributed by atoms with Gasteiger partial charge >= 0.3 is 5.97 Å². The summed E-state index contributed by atoms with van der Waals surface area (Å²) in [4.78, 5) is 38.9. The fourth-order valence-corrected chi connectivity index (χ4v) is 6.80. The highest BCUT2D eigenvalue weighted by Crippen LogP contribution is 2.50. The van der Waals surface area contributed by atoms with Gasteiger partial charge < -0.3 is 14.9 Å². The highest BCUT2D eigenvalue weighted by molar-refractivity contribution is 6.06. The fraction of sp³-hybridized carbons (Fsp3) is 0.594. The smallest absolute Gasteiger partial charge is 0.303 e. The van der Waals surface area contributed by atoms with Crippen LogP contribution >= 0.6 is 0 Å². The van der Waals surface area contributed by atoms with Gasteiger partial charge in [0.1, 0.15) is 5.75 Å². The Morgan fingerprint density at radius 2 is 1.77 bits per heavy atom. The summed E-state index contributed by atoms with van der Waals surface area (Å²) in [5.74, 6) is -1.27. The highest BCUT2D eigenvalue weighted by atomic mass is 16.5. The van der Waals surface area contributed by atoms with Gasteiger partial charge in [-0.3, -0.25) is 19.3 Å². The number of aryl methyl sites for hydroxylation is 2. The second kappa shape index (κ2) is 12.5. The normalized spacial score (nSPS) is 24.9. The molecule has 2 amide bonds. The Kier molecular flexibility index (Phi) is 9.31. The largest absolute Gasteiger partial charge is 0.507 e. The second-order valence-corrected chi connectivity index (χ2v) is 11.4. The average Bonchev–Trinajstić information content (AvgIpc) is 3.43. The van der Waals surface area contributed by atoms with E-state index in [9.17, 15) is 19.5 Å². The number of phenolic OH excluding ortho intramolecular Hbond substituents is 1. The Hall–Kier alpha value is -2.93. The first-order chi connectivity index (χ1) is 18.7. The minimum atomic E-state index is -0.817. The molecule has 212 valence electrons. The third-order valence-corrected chi connectivity index (χ3v) is 8.86. The van der Waals surface area contributed by atoms with Crippen molar-refractivity contribution in [2.24, 2.45) is 17.8 Å². The standard InChI is InChI=1S/C32H43NO6/c1-5-21(16-22-14-19(3)30(36)20(4)15-22)11-12-26-28-23(6-2)17-24-29(25(28)18-39-26)32(38)33(31(24)37)13-9-7-8-10-27(34)35/h14-16,24-26,29,36H,5-13,17-18H2,1-4H3,(H,34,35)/b21-16+/t24-,25+,26-,29-/m1/s1. The number of benzene rings is 1. The van der Waals surface area contributed by atoms with Crippen LogP contribution in [0.5, 0.6) is 5.75 Å². The zero-order valence-corrected chi connectivity index (χ0v) is 23.8. The number of carbonyl (C=O) groups is 3. The van der Waals surface area contributed by atoms with Crippen LogP contribution in [0.1, 0.15) is 88.3 Å². The van der Waals surface area contributed by atoms with E-state index in [1.807, 2.05) is 26.0 Å². The number of aliphatic carboxylic acids is 1. The first-order valence-electron chi connectivity index (χ1n) is 14.6. The summed E-state index contributed by atoms with van der Waals surface area (Å²) in [5.41, 5.74) is 6.70. The third-order valence-electron chi connectivity index (χ3n) is 8.86. The number of rotatable bonds is 12. The van der Waals surface area contributed by atoms with Crippen LogP contribution in [0.3, 0.4) is 0 Å². The predicted molar refractivity (Wildman–Crippen MR) is 150 cm³/mol. The van der Waals surface area contributed by atoms with Crippen molar-refractivity contribution < 1.29 is 29.3 Å². The molecule has 0 spiro atoms. The lowest BCUT2D eigenvalue weighted by Crippen LogP contribution is -2.34. The van der Waals surface area contributed by atoms with E-state index in [2.05, 4.69) is 19.9 Å². The number of likely N-dealkylation sites (tertiary alicyclic amines) is 1. The fourth-order valence-electron chi connectivity index (χ4n) is 6.80. The molecule has 7 heteroatoms. The van der Waals surface area contributed by atoms with Crippen molar-refractivity contribution >= 4 is 23.9 Å². The van der Waals surface area contributed by atoms with Gasteiger partial charge in [0.2, 0.25) is 11.8 Å². The maximum absolute atomic E-state index is 13.5. The zero-order chi connectivity index (χ0) is 28.3. The molecule has 2 N–H and O–H groups in total. The maximum atomic E-state index is 13.5. The van der Waals surface area contributed by atoms with E-state index >= 15 is 0 Å². The molecule has 2 fully saturated rings. The van der Waals surface area contributed by atoms with Crippen LogP contribution < -0.4 is 0 Å². The van der Waals surface area contributed by atoms with E-state index in [4.69, 9.17) is 9.84 Å². The lowest BCUT2D eigenvalue weighted by Gasteiger charge is -2.31. The van der Waals surface area contributed by atoms with E-state index < -0.39 is 5.97 Å². The molecule has 1 aliphatic carbocycles. The predicted octanol–water partition coefficient (Wildman–Crippen LogP) is 5.95. The molecule has 0 unspecified atom stereocenters. The zero-order valence-electron chi connectivity index (χ0n) is 23.8. The number of hydrogen-bond acceptors (Lipinski definition) is 5. The number of hydrogen-bond donors (Lipinski definition) is 2. The van der Waals surface area contributed by atoms with E-state index in [-0.39, 0.29) is 42.1 Å². The van der Waals surface area contributed by atoms with E-state index in [0.29, 0.717) is 44.6 Å². The number of carboxylic acids is 1. The Morgan fingerprint density at radius 3 is 2.41 bits per heavy atom. The average molecular weight is 538 g/mol. The molecule has 7 nitrogen and oxygen atoms in total. The van der Waals surface area contributed by atoms with Crippen molar-refractivity contribution in [3.8, 4) is 5.75 Å². The van der Waals surface area contributed by atoms with Crippen LogP contribution in [0.25, 0.3) is 6.08 Å². The first-order valence-corrected chi connectivity index (χ1v) is 14.6. The van der Waals surface area contributed by atoms with Crippen molar-refractivity contribution in [2.45, 2.75) is 91.6 Å². The molecule has 2 heterocycles. The quantitative estimate of drug-likeness (QED) is 0.194. The summed E-state index contributed by atoms with van der Waals surface area (Å²) >= 11 is 0. The molecule has 0 bridgehead atoms. The van der Waals surface area contributed by atoms with Crippen LogP contribution in [0.15, 0.2) is 28.9 Å². The van der Waals surface area contributed by atoms with E-state index in [1.165, 1.54) is 21.6 Å². The van der Waals surface area contributed by atoms with Crippen molar-refractivity contribution in [1.82, 2.24) is 4.90 Å². The number of carbonyl (C=O) groups excluding carboxylic acids is 2. The summed E-state index contributed by atoms with van der Waals surface area (Å²) < 4.78 is 6.34. The lowest BCUT2D eigenvalue weighted by molar-refractivity contribution is -0.141. The van der Waals surface area contributed by atoms with Crippen LogP contribution in [-0.4, -0.2) is 52.2 Å². The Morgan fingerprint density at radius 1 is 1.05 bits per heavy atom. The number of ether oxygens (including phenoxy) is 1. The monoisotopic (exact) mass is 537 g/mol. The van der Waals surface area contributed by atoms with Crippen LogP contribution in [-0.2, 0) is 19.1 Å². The van der Waals surface area contributed by atoms with Gasteiger partial charge in [-0.05, 0) is 93.2 Å². The Labute approximate surface area is 231 Å². The molecular weight excluding hydrogens is 494 g/mol. The SMILES string of the molecule is CCC1=C2[C@@H](CC/C(=C/c3cc(C)c(O)c(C)c3)CC)OC[C@@H]2[C@@H]2C(=O)N(CCCCCC(=O)O)C(=O)[C@@H]2C1. The maximum Gasteiger partial charge on any atom is 0.303 e. The highest BCUT2D eigenvalue weighted by Gasteiger charge is 2.56. The second-order valence-electron chi connectivity index (χ2n) is 11.4. The molecule has 2 aliphatic heterocycles. The number of nitrogens with zero attached hydrogens (tertiary/aromatic N) is 1. The molecule has 0 saturated carbocycles. The van der Waals surface area contributed by atoms with E-state index in [1.54, 1.807) is 0 Å². The van der Waals surface area contributed by atoms with Gasteiger partial charge in [0.25, 0.3) is 0 Å². The summed E-state index contributed by atoms with van der Waals surface area (Å²) in [5, 5.41) is 19.0. The van der Waals surface area contributed by atoms with Crippen molar-refractivity contribution in [1.29, 1.82) is 0 Å². The molecule has 3 aliphatic rings. The van der Waals surface area contributed by atoms with Crippen molar-refractivity contribution in [2.75, 3.05) is 13.2 Å². The molecule has 1 aromatic rings. The number of amides is 2. The first kappa shape index (κ1) is 29.1. The molecule has 4 rings (SSSR count). The molecule has 1 aromatic carbocycles. The minimum Gasteiger partial charge on any atom is -0.507 e. The van der Waals surface area contributed by atoms with Gasteiger partial charge in [0, 0.05) is 18.9 Å². The van der Waals surface area contributed by atoms with Crippen molar-refractivity contribution in [3.63, 3.8) is 0 Å². The topological polar surface area (TPSA) is 104 Å². The molecule has 4 atom stereocenters. The summed E-state index contributed by atoms with van der Waals surface area (Å²) in [6.07, 6.45) is 8.33. The molecule has 0 aromatic heterocycles. The number of imide groups is 1. The number of carboxylic acid groups (broad SMARTS) is 1.